The highest BCUT2D eigenvalue weighted by atomic mass is 32.1. The molecule has 0 saturated carbocycles. The molecule has 2 N–H and O–H groups in total. The smallest absolute Gasteiger partial charge is 0.251 e. The Labute approximate surface area is 185 Å². The third kappa shape index (κ3) is 5.34. The van der Waals surface area contributed by atoms with Gasteiger partial charge in [-0.2, -0.15) is 0 Å². The lowest BCUT2D eigenvalue weighted by Gasteiger charge is -2.14. The molecule has 1 heterocycles. The highest BCUT2D eigenvalue weighted by molar-refractivity contribution is 7.17. The number of benzene rings is 2. The van der Waals surface area contributed by atoms with Gasteiger partial charge in [0.1, 0.15) is 0 Å². The lowest BCUT2D eigenvalue weighted by molar-refractivity contribution is 0.0948. The molecule has 0 bridgehead atoms. The minimum Gasteiger partial charge on any atom is -0.493 e. The maximum Gasteiger partial charge on any atom is 0.251 e. The number of ketones is 1. The van der Waals surface area contributed by atoms with Crippen molar-refractivity contribution in [2.45, 2.75) is 6.42 Å². The van der Waals surface area contributed by atoms with Crippen molar-refractivity contribution in [2.75, 3.05) is 41.0 Å². The Kier molecular flexibility index (Phi) is 7.86. The van der Waals surface area contributed by atoms with Gasteiger partial charge >= 0.3 is 0 Å². The zero-order chi connectivity index (χ0) is 22.2. The van der Waals surface area contributed by atoms with Gasteiger partial charge in [-0.05, 0) is 18.2 Å². The van der Waals surface area contributed by atoms with Gasteiger partial charge in [-0.25, -0.2) is 0 Å². The fraction of sp³-hybridized carbons (Fsp3) is 0.304. The molecular weight excluding hydrogens is 416 g/mol. The Bertz CT molecular complexity index is 1040. The van der Waals surface area contributed by atoms with Gasteiger partial charge in [-0.15, -0.1) is 11.3 Å². The Morgan fingerprint density at radius 1 is 0.935 bits per heavy atom. The van der Waals surface area contributed by atoms with Crippen LogP contribution in [-0.4, -0.2) is 52.7 Å². The first kappa shape index (κ1) is 22.6. The molecule has 0 unspecified atom stereocenters. The lowest BCUT2D eigenvalue weighted by atomic mass is 10.1. The van der Waals surface area contributed by atoms with E-state index >= 15 is 0 Å². The number of hydrogen-bond acceptors (Lipinski definition) is 7. The Morgan fingerprint density at radius 2 is 1.65 bits per heavy atom. The molecule has 164 valence electrons. The van der Waals surface area contributed by atoms with Gasteiger partial charge in [-0.1, -0.05) is 18.2 Å². The molecule has 0 saturated heterocycles. The number of rotatable bonds is 11. The third-order valence-electron chi connectivity index (χ3n) is 4.82. The van der Waals surface area contributed by atoms with Gasteiger partial charge in [0, 0.05) is 52.6 Å². The van der Waals surface area contributed by atoms with Crippen molar-refractivity contribution in [3.63, 3.8) is 0 Å². The Hall–Kier alpha value is -3.10. The van der Waals surface area contributed by atoms with E-state index < -0.39 is 0 Å². The maximum absolute atomic E-state index is 12.5. The van der Waals surface area contributed by atoms with Gasteiger partial charge in [0.2, 0.25) is 5.75 Å². The molecule has 0 atom stereocenters. The highest BCUT2D eigenvalue weighted by Gasteiger charge is 2.17. The summed E-state index contributed by atoms with van der Waals surface area (Å²) in [6.45, 7) is 1.52. The zero-order valence-electron chi connectivity index (χ0n) is 17.8. The molecule has 2 aromatic carbocycles. The molecule has 0 radical (unpaired) electrons. The topological polar surface area (TPSA) is 85.9 Å². The monoisotopic (exact) mass is 442 g/mol. The molecule has 0 fully saturated rings. The first-order valence-corrected chi connectivity index (χ1v) is 10.7. The number of carbonyl (C=O) groups excluding carboxylic acids is 2. The number of fused-ring (bicyclic) bond motifs is 1. The summed E-state index contributed by atoms with van der Waals surface area (Å²) >= 11 is 1.58. The second-order valence-electron chi connectivity index (χ2n) is 6.74. The Morgan fingerprint density at radius 3 is 2.32 bits per heavy atom. The molecule has 0 aliphatic heterocycles. The van der Waals surface area contributed by atoms with E-state index in [-0.39, 0.29) is 11.7 Å². The number of thiophene rings is 1. The molecule has 0 spiro atoms. The standard InChI is InChI=1S/C23H26N2O5S/c1-28-19-12-15(13-20(29-2)22(19)30-3)23(27)25-11-10-24-9-8-18(26)17-14-31-21-7-5-4-6-16(17)21/h4-7,12-14,24H,8-11H2,1-3H3,(H,25,27). The van der Waals surface area contributed by atoms with Crippen LogP contribution in [0, 0.1) is 0 Å². The number of methoxy groups -OCH3 is 3. The van der Waals surface area contributed by atoms with E-state index in [0.717, 1.165) is 15.6 Å². The molecule has 1 aromatic heterocycles. The predicted octanol–water partition coefficient (Wildman–Crippen LogP) is 3.52. The van der Waals surface area contributed by atoms with Gasteiger partial charge in [0.15, 0.2) is 17.3 Å². The fourth-order valence-corrected chi connectivity index (χ4v) is 4.20. The number of amides is 1. The second kappa shape index (κ2) is 10.8. The van der Waals surface area contributed by atoms with E-state index in [1.54, 1.807) is 23.5 Å². The van der Waals surface area contributed by atoms with Crippen LogP contribution < -0.4 is 24.8 Å². The van der Waals surface area contributed by atoms with Crippen LogP contribution >= 0.6 is 11.3 Å². The van der Waals surface area contributed by atoms with Crippen LogP contribution in [0.1, 0.15) is 27.1 Å². The van der Waals surface area contributed by atoms with Crippen molar-refractivity contribution in [1.82, 2.24) is 10.6 Å². The summed E-state index contributed by atoms with van der Waals surface area (Å²) in [4.78, 5) is 24.9. The molecular formula is C23H26N2O5S. The number of nitrogens with one attached hydrogen (secondary N) is 2. The van der Waals surface area contributed by atoms with Gasteiger partial charge in [0.05, 0.1) is 21.3 Å². The fourth-order valence-electron chi connectivity index (χ4n) is 3.23. The van der Waals surface area contributed by atoms with Crippen LogP contribution in [0.5, 0.6) is 17.2 Å². The van der Waals surface area contributed by atoms with Crippen LogP contribution in [0.2, 0.25) is 0 Å². The van der Waals surface area contributed by atoms with E-state index in [1.165, 1.54) is 21.3 Å². The molecule has 3 aromatic rings. The average molecular weight is 443 g/mol. The van der Waals surface area contributed by atoms with Crippen LogP contribution in [0.3, 0.4) is 0 Å². The normalized spacial score (nSPS) is 10.7. The summed E-state index contributed by atoms with van der Waals surface area (Å²) in [5, 5.41) is 8.97. The zero-order valence-corrected chi connectivity index (χ0v) is 18.6. The van der Waals surface area contributed by atoms with E-state index in [4.69, 9.17) is 14.2 Å². The number of ether oxygens (including phenoxy) is 3. The predicted molar refractivity (Wildman–Crippen MR) is 122 cm³/mol. The van der Waals surface area contributed by atoms with E-state index in [9.17, 15) is 9.59 Å². The van der Waals surface area contributed by atoms with Crippen molar-refractivity contribution >= 4 is 33.1 Å². The van der Waals surface area contributed by atoms with Crippen LogP contribution in [0.25, 0.3) is 10.1 Å². The summed E-state index contributed by atoms with van der Waals surface area (Å²) in [6, 6.07) is 11.1. The van der Waals surface area contributed by atoms with Crippen LogP contribution in [0.4, 0.5) is 0 Å². The first-order valence-electron chi connectivity index (χ1n) is 9.87. The van der Waals surface area contributed by atoms with Gasteiger partial charge in [0.25, 0.3) is 5.91 Å². The van der Waals surface area contributed by atoms with E-state index in [2.05, 4.69) is 10.6 Å². The lowest BCUT2D eigenvalue weighted by Crippen LogP contribution is -2.32. The molecule has 8 heteroatoms. The molecule has 0 aliphatic carbocycles. The molecule has 3 rings (SSSR count). The van der Waals surface area contributed by atoms with Crippen molar-refractivity contribution in [3.05, 3.63) is 52.9 Å². The van der Waals surface area contributed by atoms with Crippen LogP contribution in [0.15, 0.2) is 41.8 Å². The number of carbonyl (C=O) groups is 2. The Balaban J connectivity index is 1.45. The van der Waals surface area contributed by atoms with Crippen molar-refractivity contribution < 1.29 is 23.8 Å². The quantitative estimate of drug-likeness (QED) is 0.349. The minimum atomic E-state index is -0.248. The summed E-state index contributed by atoms with van der Waals surface area (Å²) in [6.07, 6.45) is 0.404. The molecule has 31 heavy (non-hydrogen) atoms. The summed E-state index contributed by atoms with van der Waals surface area (Å²) in [7, 11) is 4.52. The van der Waals surface area contributed by atoms with Crippen molar-refractivity contribution in [3.8, 4) is 17.2 Å². The average Bonchev–Trinajstić information content (AvgIpc) is 3.24. The minimum absolute atomic E-state index is 0.117. The highest BCUT2D eigenvalue weighted by Crippen LogP contribution is 2.38. The van der Waals surface area contributed by atoms with Crippen molar-refractivity contribution in [1.29, 1.82) is 0 Å². The van der Waals surface area contributed by atoms with Crippen LogP contribution in [-0.2, 0) is 0 Å². The second-order valence-corrected chi connectivity index (χ2v) is 7.65. The van der Waals surface area contributed by atoms with E-state index in [0.29, 0.717) is 48.9 Å². The SMILES string of the molecule is COc1cc(C(=O)NCCNCCC(=O)c2csc3ccccc23)cc(OC)c1OC. The largest absolute Gasteiger partial charge is 0.493 e. The summed E-state index contributed by atoms with van der Waals surface area (Å²) in [5.74, 6) is 1.15. The maximum atomic E-state index is 12.5. The number of hydrogen-bond donors (Lipinski definition) is 2. The van der Waals surface area contributed by atoms with E-state index in [1.807, 2.05) is 29.6 Å². The summed E-state index contributed by atoms with van der Waals surface area (Å²) in [5.41, 5.74) is 1.19. The first-order chi connectivity index (χ1) is 15.1. The molecule has 1 amide bonds. The molecule has 0 aliphatic rings. The van der Waals surface area contributed by atoms with Crippen molar-refractivity contribution in [2.24, 2.45) is 0 Å². The molecule has 7 nitrogen and oxygen atoms in total. The third-order valence-corrected chi connectivity index (χ3v) is 5.79. The summed E-state index contributed by atoms with van der Waals surface area (Å²) < 4.78 is 16.9. The van der Waals surface area contributed by atoms with Gasteiger partial charge in [-0.3, -0.25) is 9.59 Å². The van der Waals surface area contributed by atoms with Gasteiger partial charge < -0.3 is 24.8 Å². The number of Topliss-reactive ketones (excluding diaryl/α,β-unsaturated/α-hetero) is 1.